The van der Waals surface area contributed by atoms with E-state index < -0.39 is 25.6 Å². The molecule has 5 heteroatoms. The van der Waals surface area contributed by atoms with Crippen molar-refractivity contribution in [2.24, 2.45) is 5.41 Å². The van der Waals surface area contributed by atoms with Crippen molar-refractivity contribution in [2.75, 3.05) is 6.26 Å². The van der Waals surface area contributed by atoms with Gasteiger partial charge in [-0.3, -0.25) is 0 Å². The van der Waals surface area contributed by atoms with Crippen LogP contribution in [0.3, 0.4) is 0 Å². The van der Waals surface area contributed by atoms with Gasteiger partial charge in [0.15, 0.2) is 14.0 Å². The van der Waals surface area contributed by atoms with E-state index in [4.69, 9.17) is 11.6 Å². The molecule has 0 spiro atoms. The van der Waals surface area contributed by atoms with Gasteiger partial charge in [0.05, 0.1) is 6.10 Å². The molecule has 0 aliphatic carbocycles. The molecule has 0 bridgehead atoms. The van der Waals surface area contributed by atoms with E-state index in [0.29, 0.717) is 0 Å². The predicted octanol–water partition coefficient (Wildman–Crippen LogP) is 1.39. The lowest BCUT2D eigenvalue weighted by Gasteiger charge is -2.35. The minimum atomic E-state index is -3.47. The van der Waals surface area contributed by atoms with Gasteiger partial charge in [-0.1, -0.05) is 32.4 Å². The zero-order chi connectivity index (χ0) is 11.1. The molecule has 80 valence electrons. The largest absolute Gasteiger partial charge is 0.390 e. The van der Waals surface area contributed by atoms with Gasteiger partial charge in [-0.2, -0.15) is 0 Å². The fourth-order valence-electron chi connectivity index (χ4n) is 0.976. The number of rotatable bonds is 2. The van der Waals surface area contributed by atoms with Crippen LogP contribution >= 0.6 is 11.6 Å². The van der Waals surface area contributed by atoms with Gasteiger partial charge < -0.3 is 5.11 Å². The van der Waals surface area contributed by atoms with Crippen LogP contribution < -0.4 is 0 Å². The van der Waals surface area contributed by atoms with Crippen LogP contribution in [0.1, 0.15) is 27.7 Å². The predicted molar refractivity (Wildman–Crippen MR) is 54.6 cm³/mol. The molecule has 0 aliphatic rings. The number of hydrogen-bond acceptors (Lipinski definition) is 3. The van der Waals surface area contributed by atoms with E-state index in [0.717, 1.165) is 6.26 Å². The maximum atomic E-state index is 11.2. The monoisotopic (exact) mass is 228 g/mol. The van der Waals surface area contributed by atoms with Crippen molar-refractivity contribution in [3.8, 4) is 0 Å². The molecule has 0 aromatic heterocycles. The van der Waals surface area contributed by atoms with Gasteiger partial charge in [0.1, 0.15) is 0 Å². The lowest BCUT2D eigenvalue weighted by Crippen LogP contribution is -2.48. The van der Waals surface area contributed by atoms with E-state index >= 15 is 0 Å². The standard InChI is InChI=1S/C8H17ClO3S/c1-7(2,3)6(10)8(4,9)13(5,11)12/h6,10H,1-5H3/t6-,8+/m0/s1. The number of sulfone groups is 1. The molecule has 0 saturated carbocycles. The molecule has 0 aromatic rings. The first-order valence-corrected chi connectivity index (χ1v) is 6.24. The van der Waals surface area contributed by atoms with Crippen LogP contribution in [0.2, 0.25) is 0 Å². The molecule has 2 atom stereocenters. The smallest absolute Gasteiger partial charge is 0.169 e. The van der Waals surface area contributed by atoms with Crippen LogP contribution in [0.15, 0.2) is 0 Å². The molecule has 13 heavy (non-hydrogen) atoms. The molecular weight excluding hydrogens is 212 g/mol. The van der Waals surface area contributed by atoms with Gasteiger partial charge in [0.25, 0.3) is 0 Å². The molecule has 1 N–H and O–H groups in total. The number of aliphatic hydroxyl groups excluding tert-OH is 1. The van der Waals surface area contributed by atoms with Gasteiger partial charge in [0.2, 0.25) is 0 Å². The highest BCUT2D eigenvalue weighted by Crippen LogP contribution is 2.35. The zero-order valence-electron chi connectivity index (χ0n) is 8.63. The van der Waals surface area contributed by atoms with Gasteiger partial charge in [0, 0.05) is 6.26 Å². The fraction of sp³-hybridized carbons (Fsp3) is 1.00. The van der Waals surface area contributed by atoms with E-state index in [2.05, 4.69) is 0 Å². The maximum absolute atomic E-state index is 11.2. The highest BCUT2D eigenvalue weighted by molar-refractivity contribution is 7.93. The minimum Gasteiger partial charge on any atom is -0.390 e. The van der Waals surface area contributed by atoms with Crippen molar-refractivity contribution in [3.63, 3.8) is 0 Å². The third-order valence-electron chi connectivity index (χ3n) is 2.03. The molecule has 0 fully saturated rings. The summed E-state index contributed by atoms with van der Waals surface area (Å²) in [6, 6.07) is 0. The summed E-state index contributed by atoms with van der Waals surface area (Å²) < 4.78 is 20.9. The lowest BCUT2D eigenvalue weighted by molar-refractivity contribution is 0.0524. The quantitative estimate of drug-likeness (QED) is 0.727. The van der Waals surface area contributed by atoms with E-state index in [-0.39, 0.29) is 0 Å². The maximum Gasteiger partial charge on any atom is 0.169 e. The van der Waals surface area contributed by atoms with Gasteiger partial charge in [-0.05, 0) is 12.3 Å². The molecule has 0 aromatic carbocycles. The molecule has 0 saturated heterocycles. The Labute approximate surface area is 85.0 Å². The Balaban J connectivity index is 5.09. The Kier molecular flexibility index (Phi) is 3.46. The van der Waals surface area contributed by atoms with Crippen molar-refractivity contribution in [1.82, 2.24) is 0 Å². The van der Waals surface area contributed by atoms with E-state index in [1.165, 1.54) is 6.92 Å². The SMILES string of the molecule is CC(C)(C)[C@H](O)[C@](C)(Cl)S(C)(=O)=O. The van der Waals surface area contributed by atoms with Crippen molar-refractivity contribution in [2.45, 2.75) is 38.0 Å². The highest BCUT2D eigenvalue weighted by atomic mass is 35.5. The number of alkyl halides is 1. The number of halogens is 1. The van der Waals surface area contributed by atoms with Gasteiger partial charge in [-0.25, -0.2) is 8.42 Å². The van der Waals surface area contributed by atoms with Crippen LogP contribution in [0.4, 0.5) is 0 Å². The number of hydrogen-bond donors (Lipinski definition) is 1. The van der Waals surface area contributed by atoms with Crippen LogP contribution in [-0.4, -0.2) is 30.1 Å². The zero-order valence-corrected chi connectivity index (χ0v) is 10.2. The second kappa shape index (κ2) is 3.41. The first-order valence-electron chi connectivity index (χ1n) is 3.97. The van der Waals surface area contributed by atoms with Crippen molar-refractivity contribution in [3.05, 3.63) is 0 Å². The molecule has 0 radical (unpaired) electrons. The second-order valence-corrected chi connectivity index (χ2v) is 7.93. The van der Waals surface area contributed by atoms with Crippen LogP contribution in [-0.2, 0) is 9.84 Å². The first kappa shape index (κ1) is 13.2. The minimum absolute atomic E-state index is 0.556. The summed E-state index contributed by atoms with van der Waals surface area (Å²) in [5.74, 6) is 0. The Hall–Kier alpha value is 0.200. The van der Waals surface area contributed by atoms with Crippen molar-refractivity contribution < 1.29 is 13.5 Å². The highest BCUT2D eigenvalue weighted by Gasteiger charge is 2.46. The summed E-state index contributed by atoms with van der Waals surface area (Å²) in [6.45, 7) is 6.54. The summed E-state index contributed by atoms with van der Waals surface area (Å²) in [4.78, 5) is 0. The van der Waals surface area contributed by atoms with E-state index in [9.17, 15) is 13.5 Å². The first-order chi connectivity index (χ1) is 5.40. The van der Waals surface area contributed by atoms with Gasteiger partial charge in [-0.15, -0.1) is 0 Å². The molecule has 0 heterocycles. The average Bonchev–Trinajstić information content (AvgIpc) is 1.81. The lowest BCUT2D eigenvalue weighted by atomic mass is 9.87. The third kappa shape index (κ3) is 2.82. The molecule has 0 rings (SSSR count). The third-order valence-corrected chi connectivity index (χ3v) is 4.75. The Morgan fingerprint density at radius 1 is 1.23 bits per heavy atom. The number of aliphatic hydroxyl groups is 1. The molecule has 0 aliphatic heterocycles. The Morgan fingerprint density at radius 3 is 1.62 bits per heavy atom. The Bertz CT molecular complexity index is 274. The van der Waals surface area contributed by atoms with Crippen LogP contribution in [0.5, 0.6) is 0 Å². The molecule has 0 unspecified atom stereocenters. The summed E-state index contributed by atoms with van der Waals surface area (Å²) in [6.07, 6.45) is -0.0775. The Morgan fingerprint density at radius 2 is 1.54 bits per heavy atom. The fourth-order valence-corrected chi connectivity index (χ4v) is 2.06. The van der Waals surface area contributed by atoms with Crippen molar-refractivity contribution >= 4 is 21.4 Å². The van der Waals surface area contributed by atoms with E-state index in [1.807, 2.05) is 0 Å². The normalized spacial score (nSPS) is 20.8. The summed E-state index contributed by atoms with van der Waals surface area (Å²) in [5.41, 5.74) is -0.556. The summed E-state index contributed by atoms with van der Waals surface area (Å²) in [7, 11) is -3.47. The second-order valence-electron chi connectivity index (χ2n) is 4.53. The molecule has 0 amide bonds. The van der Waals surface area contributed by atoms with Crippen LogP contribution in [0.25, 0.3) is 0 Å². The van der Waals surface area contributed by atoms with Gasteiger partial charge >= 0.3 is 0 Å². The average molecular weight is 229 g/mol. The molecular formula is C8H17ClO3S. The topological polar surface area (TPSA) is 54.4 Å². The van der Waals surface area contributed by atoms with Crippen LogP contribution in [0, 0.1) is 5.41 Å². The summed E-state index contributed by atoms with van der Waals surface area (Å²) >= 11 is 5.81. The molecule has 3 nitrogen and oxygen atoms in total. The van der Waals surface area contributed by atoms with Crippen molar-refractivity contribution in [1.29, 1.82) is 0 Å². The van der Waals surface area contributed by atoms with E-state index in [1.54, 1.807) is 20.8 Å². The summed E-state index contributed by atoms with van der Waals surface area (Å²) in [5, 5.41) is 9.74.